The van der Waals surface area contributed by atoms with Crippen LogP contribution in [0, 0.1) is 11.8 Å². The number of hydrogen-bond acceptors (Lipinski definition) is 4. The summed E-state index contributed by atoms with van der Waals surface area (Å²) in [6, 6.07) is 12.4. The zero-order valence-electron chi connectivity index (χ0n) is 25.3. The van der Waals surface area contributed by atoms with E-state index >= 15 is 0 Å². The second-order valence-electron chi connectivity index (χ2n) is 12.6. The Hall–Kier alpha value is -2.15. The summed E-state index contributed by atoms with van der Waals surface area (Å²) >= 11 is 0. The van der Waals surface area contributed by atoms with Gasteiger partial charge >= 0.3 is 5.97 Å². The molecule has 5 N–H and O–H groups in total. The van der Waals surface area contributed by atoms with Gasteiger partial charge in [-0.1, -0.05) is 101 Å². The lowest BCUT2D eigenvalue weighted by Gasteiger charge is -2.32. The lowest BCUT2D eigenvalue weighted by molar-refractivity contribution is -0.146. The topological polar surface area (TPSA) is 114 Å². The van der Waals surface area contributed by atoms with Crippen LogP contribution in [0.25, 0.3) is 11.1 Å². The quantitative estimate of drug-likeness (QED) is 0.0991. The summed E-state index contributed by atoms with van der Waals surface area (Å²) in [5.74, 6) is -1.67. The van der Waals surface area contributed by atoms with Crippen molar-refractivity contribution in [1.29, 1.82) is 0 Å². The van der Waals surface area contributed by atoms with Crippen molar-refractivity contribution in [2.75, 3.05) is 0 Å². The van der Waals surface area contributed by atoms with E-state index in [0.717, 1.165) is 81.0 Å². The number of carbonyl (C=O) groups is 1. The van der Waals surface area contributed by atoms with E-state index in [1.165, 1.54) is 25.7 Å². The number of nitrogens with one attached hydrogen (secondary N) is 1. The summed E-state index contributed by atoms with van der Waals surface area (Å²) in [5, 5.41) is 42.3. The van der Waals surface area contributed by atoms with Gasteiger partial charge in [-0.25, -0.2) is 0 Å². The number of hydrogen-bond donors (Lipinski definition) is 5. The Bertz CT molecular complexity index is 991. The van der Waals surface area contributed by atoms with E-state index < -0.39 is 23.6 Å². The minimum absolute atomic E-state index is 0.0898. The highest BCUT2D eigenvalue weighted by atomic mass is 16.4. The number of carboxylic acids is 1. The Morgan fingerprint density at radius 1 is 0.927 bits per heavy atom. The van der Waals surface area contributed by atoms with Gasteiger partial charge in [0.2, 0.25) is 0 Å². The molecular weight excluding hydrogens is 514 g/mol. The maximum absolute atomic E-state index is 12.0. The molecule has 41 heavy (non-hydrogen) atoms. The molecule has 0 unspecified atom stereocenters. The van der Waals surface area contributed by atoms with E-state index in [1.807, 2.05) is 24.4 Å². The predicted molar refractivity (Wildman–Crippen MR) is 166 cm³/mol. The molecule has 1 fully saturated rings. The number of aromatic nitrogens is 1. The standard InChI is InChI=1S/C35H55NO5/c1-2-3-4-5-11-18-31(37)19-12-6-7-13-20-32(34(39)40)33(38)21-23-35(41)22-14-17-29(35)25-30-24-28(26-36-30)27-15-9-8-10-16-27/h8-10,15-16,24,26,29,31-33,36-38,41H,2-7,11-14,17-23,25H2,1H3,(H,39,40)/t29-,31-,32-,33+,35-/m0/s1. The van der Waals surface area contributed by atoms with Gasteiger partial charge in [0.1, 0.15) is 0 Å². The van der Waals surface area contributed by atoms with Crippen LogP contribution in [0.15, 0.2) is 42.6 Å². The average molecular weight is 570 g/mol. The largest absolute Gasteiger partial charge is 0.481 e. The molecule has 0 bridgehead atoms. The molecule has 1 aliphatic carbocycles. The number of aromatic amines is 1. The second kappa shape index (κ2) is 17.7. The Balaban J connectivity index is 1.37. The minimum Gasteiger partial charge on any atom is -0.481 e. The van der Waals surface area contributed by atoms with Gasteiger partial charge in [-0.05, 0) is 74.5 Å². The third-order valence-electron chi connectivity index (χ3n) is 9.34. The minimum atomic E-state index is -0.956. The van der Waals surface area contributed by atoms with Gasteiger partial charge in [-0.2, -0.15) is 0 Å². The van der Waals surface area contributed by atoms with Gasteiger partial charge in [0.05, 0.1) is 23.7 Å². The number of aliphatic carboxylic acids is 1. The van der Waals surface area contributed by atoms with Crippen molar-refractivity contribution in [3.8, 4) is 11.1 Å². The van der Waals surface area contributed by atoms with Crippen molar-refractivity contribution in [3.63, 3.8) is 0 Å². The van der Waals surface area contributed by atoms with E-state index in [0.29, 0.717) is 25.7 Å². The second-order valence-corrected chi connectivity index (χ2v) is 12.6. The van der Waals surface area contributed by atoms with Crippen LogP contribution in [0.2, 0.25) is 0 Å². The highest BCUT2D eigenvalue weighted by Crippen LogP contribution is 2.42. The number of aliphatic hydroxyl groups is 3. The van der Waals surface area contributed by atoms with Gasteiger partial charge in [0, 0.05) is 11.9 Å². The predicted octanol–water partition coefficient (Wildman–Crippen LogP) is 7.66. The smallest absolute Gasteiger partial charge is 0.309 e. The van der Waals surface area contributed by atoms with Gasteiger partial charge in [0.15, 0.2) is 0 Å². The molecule has 230 valence electrons. The summed E-state index contributed by atoms with van der Waals surface area (Å²) in [7, 11) is 0. The molecule has 1 aliphatic rings. The average Bonchev–Trinajstić information content (AvgIpc) is 3.58. The highest BCUT2D eigenvalue weighted by molar-refractivity contribution is 5.70. The van der Waals surface area contributed by atoms with Gasteiger partial charge < -0.3 is 25.4 Å². The van der Waals surface area contributed by atoms with Crippen LogP contribution in [0.5, 0.6) is 0 Å². The van der Waals surface area contributed by atoms with Gasteiger partial charge in [-0.3, -0.25) is 4.79 Å². The first kappa shape index (κ1) is 33.4. The van der Waals surface area contributed by atoms with Crippen molar-refractivity contribution in [2.24, 2.45) is 11.8 Å². The summed E-state index contributed by atoms with van der Waals surface area (Å²) in [6.45, 7) is 2.21. The lowest BCUT2D eigenvalue weighted by atomic mass is 9.81. The van der Waals surface area contributed by atoms with Crippen molar-refractivity contribution >= 4 is 5.97 Å². The molecule has 0 saturated heterocycles. The zero-order valence-corrected chi connectivity index (χ0v) is 25.3. The summed E-state index contributed by atoms with van der Waals surface area (Å²) in [6.07, 6.45) is 16.7. The molecule has 2 aromatic rings. The van der Waals surface area contributed by atoms with Crippen LogP contribution in [-0.4, -0.2) is 49.2 Å². The molecule has 0 spiro atoms. The summed E-state index contributed by atoms with van der Waals surface area (Å²) in [4.78, 5) is 15.3. The van der Waals surface area contributed by atoms with E-state index in [-0.39, 0.29) is 12.0 Å². The Morgan fingerprint density at radius 3 is 2.24 bits per heavy atom. The molecule has 0 amide bonds. The van der Waals surface area contributed by atoms with Crippen LogP contribution >= 0.6 is 0 Å². The normalized spacial score (nSPS) is 21.1. The van der Waals surface area contributed by atoms with E-state index in [1.54, 1.807) is 0 Å². The molecule has 1 aromatic carbocycles. The SMILES string of the molecule is CCCCCCC[C@H](O)CCCCCC[C@H](C(=O)O)[C@H](O)CC[C@@]1(O)CCC[C@H]1Cc1cc(-c2ccccc2)c[nH]1. The number of H-pyrrole nitrogens is 1. The fourth-order valence-corrected chi connectivity index (χ4v) is 6.68. The van der Waals surface area contributed by atoms with Crippen LogP contribution in [0.3, 0.4) is 0 Å². The number of benzene rings is 1. The number of aliphatic hydroxyl groups excluding tert-OH is 2. The van der Waals surface area contributed by atoms with Crippen LogP contribution in [0.1, 0.15) is 122 Å². The molecule has 1 saturated carbocycles. The molecule has 0 radical (unpaired) electrons. The summed E-state index contributed by atoms with van der Waals surface area (Å²) in [5.41, 5.74) is 2.51. The third kappa shape index (κ3) is 11.2. The maximum Gasteiger partial charge on any atom is 0.309 e. The van der Waals surface area contributed by atoms with Crippen molar-refractivity contribution in [2.45, 2.75) is 140 Å². The Morgan fingerprint density at radius 2 is 1.59 bits per heavy atom. The lowest BCUT2D eigenvalue weighted by Crippen LogP contribution is -2.37. The number of carboxylic acid groups (broad SMARTS) is 1. The van der Waals surface area contributed by atoms with Crippen molar-refractivity contribution in [1.82, 2.24) is 4.98 Å². The molecule has 6 nitrogen and oxygen atoms in total. The van der Waals surface area contributed by atoms with Crippen molar-refractivity contribution in [3.05, 3.63) is 48.3 Å². The fourth-order valence-electron chi connectivity index (χ4n) is 6.68. The van der Waals surface area contributed by atoms with E-state index in [4.69, 9.17) is 0 Å². The van der Waals surface area contributed by atoms with E-state index in [9.17, 15) is 25.2 Å². The van der Waals surface area contributed by atoms with E-state index in [2.05, 4.69) is 30.1 Å². The highest BCUT2D eigenvalue weighted by Gasteiger charge is 2.41. The molecule has 5 atom stereocenters. The van der Waals surface area contributed by atoms with Crippen LogP contribution < -0.4 is 0 Å². The number of unbranched alkanes of at least 4 members (excludes halogenated alkanes) is 7. The fraction of sp³-hybridized carbons (Fsp3) is 0.686. The Kier molecular flexibility index (Phi) is 14.4. The first-order valence-corrected chi connectivity index (χ1v) is 16.4. The van der Waals surface area contributed by atoms with Crippen LogP contribution in [-0.2, 0) is 11.2 Å². The van der Waals surface area contributed by atoms with Gasteiger partial charge in [0.25, 0.3) is 0 Å². The third-order valence-corrected chi connectivity index (χ3v) is 9.34. The maximum atomic E-state index is 12.0. The first-order chi connectivity index (χ1) is 19.8. The number of rotatable bonds is 21. The molecule has 1 heterocycles. The summed E-state index contributed by atoms with van der Waals surface area (Å²) < 4.78 is 0. The van der Waals surface area contributed by atoms with Gasteiger partial charge in [-0.15, -0.1) is 0 Å². The zero-order chi connectivity index (χ0) is 29.5. The molecule has 3 rings (SSSR count). The Labute approximate surface area is 247 Å². The molecular formula is C35H55NO5. The monoisotopic (exact) mass is 569 g/mol. The van der Waals surface area contributed by atoms with Crippen molar-refractivity contribution < 1.29 is 25.2 Å². The van der Waals surface area contributed by atoms with Crippen LogP contribution in [0.4, 0.5) is 0 Å². The molecule has 0 aliphatic heterocycles. The molecule has 6 heteroatoms. The molecule has 1 aromatic heterocycles. The first-order valence-electron chi connectivity index (χ1n) is 16.4.